The average molecular weight is 346 g/mol. The first-order chi connectivity index (χ1) is 11.0. The minimum absolute atomic E-state index is 0.212. The Morgan fingerprint density at radius 3 is 1.61 bits per heavy atom. The Kier molecular flexibility index (Phi) is 4.32. The molecule has 0 aliphatic heterocycles. The Hall–Kier alpha value is -2.37. The molecule has 1 aromatic heterocycles. The Bertz CT molecular complexity index is 920. The third kappa shape index (κ3) is 4.09. The fourth-order valence-corrected chi connectivity index (χ4v) is 2.75. The first kappa shape index (κ1) is 15.5. The van der Waals surface area contributed by atoms with Gasteiger partial charge in [-0.3, -0.25) is 0 Å². The summed E-state index contributed by atoms with van der Waals surface area (Å²) in [5.41, 5.74) is 1.63. The highest BCUT2D eigenvalue weighted by Gasteiger charge is 2.08. The van der Waals surface area contributed by atoms with E-state index in [0.717, 1.165) is 11.1 Å². The van der Waals surface area contributed by atoms with E-state index < -0.39 is 9.24 Å². The average Bonchev–Trinajstić information content (AvgIpc) is 2.55. The summed E-state index contributed by atoms with van der Waals surface area (Å²) in [4.78, 5) is 0. The summed E-state index contributed by atoms with van der Waals surface area (Å²) >= 11 is 0. The van der Waals surface area contributed by atoms with Gasteiger partial charge in [0.05, 0.1) is 5.36 Å². The molecule has 4 nitrogen and oxygen atoms in total. The van der Waals surface area contributed by atoms with Crippen LogP contribution in [0.3, 0.4) is 0 Å². The lowest BCUT2D eigenvalue weighted by atomic mass is 10.1. The highest BCUT2D eigenvalue weighted by molar-refractivity contribution is 8.12. The Morgan fingerprint density at radius 1 is 0.783 bits per heavy atom. The van der Waals surface area contributed by atoms with Gasteiger partial charge in [-0.25, -0.2) is 0 Å². The molecular weight excluding hydrogens is 334 g/mol. The van der Waals surface area contributed by atoms with E-state index in [4.69, 9.17) is 15.1 Å². The number of hydrogen-bond acceptors (Lipinski definition) is 3. The van der Waals surface area contributed by atoms with E-state index in [1.807, 2.05) is 60.7 Å². The van der Waals surface area contributed by atoms with Crippen molar-refractivity contribution in [3.05, 3.63) is 78.2 Å². The maximum Gasteiger partial charge on any atom is 0.340 e. The van der Waals surface area contributed by atoms with Gasteiger partial charge in [-0.05, 0) is 0 Å². The summed E-state index contributed by atoms with van der Waals surface area (Å²) in [5, 5.41) is 0.212. The molecular formula is C17H12ClNO3S. The molecule has 0 saturated carbocycles. The maximum absolute atomic E-state index is 11.3. The minimum atomic E-state index is -4.02. The van der Waals surface area contributed by atoms with Crippen LogP contribution in [0.5, 0.6) is 0 Å². The van der Waals surface area contributed by atoms with Crippen molar-refractivity contribution in [2.75, 3.05) is 0 Å². The molecule has 0 aliphatic carbocycles. The molecule has 0 unspecified atom stereocenters. The second-order valence-electron chi connectivity index (χ2n) is 4.78. The fourth-order valence-electron chi connectivity index (χ4n) is 2.16. The third-order valence-electron chi connectivity index (χ3n) is 3.11. The van der Waals surface area contributed by atoms with Gasteiger partial charge in [0.15, 0.2) is 0 Å². The largest absolute Gasteiger partial charge is 0.456 e. The van der Waals surface area contributed by atoms with Crippen LogP contribution in [0, 0.1) is 0 Å². The molecule has 0 saturated heterocycles. The Labute approximate surface area is 138 Å². The van der Waals surface area contributed by atoms with Crippen LogP contribution in [-0.4, -0.2) is 8.42 Å². The van der Waals surface area contributed by atoms with Gasteiger partial charge in [-0.1, -0.05) is 60.7 Å². The van der Waals surface area contributed by atoms with E-state index >= 15 is 0 Å². The van der Waals surface area contributed by atoms with Crippen molar-refractivity contribution in [1.82, 2.24) is 0 Å². The first-order valence-electron chi connectivity index (χ1n) is 6.78. The molecule has 0 amide bonds. The van der Waals surface area contributed by atoms with Gasteiger partial charge in [-0.2, -0.15) is 8.42 Å². The third-order valence-corrected chi connectivity index (χ3v) is 3.74. The molecule has 116 valence electrons. The van der Waals surface area contributed by atoms with Crippen molar-refractivity contribution >= 4 is 19.9 Å². The molecule has 3 aromatic rings. The van der Waals surface area contributed by atoms with Crippen LogP contribution < -0.4 is 5.36 Å². The Morgan fingerprint density at radius 2 is 1.22 bits per heavy atom. The lowest BCUT2D eigenvalue weighted by Crippen LogP contribution is -2.04. The fraction of sp³-hybridized carbons (Fsp3) is 0. The highest BCUT2D eigenvalue weighted by atomic mass is 35.7. The maximum atomic E-state index is 11.3. The van der Waals surface area contributed by atoms with Gasteiger partial charge in [0.2, 0.25) is 0 Å². The van der Waals surface area contributed by atoms with Crippen LogP contribution >= 0.6 is 10.7 Å². The zero-order valence-corrected chi connectivity index (χ0v) is 13.5. The van der Waals surface area contributed by atoms with E-state index in [1.165, 1.54) is 0 Å². The summed E-state index contributed by atoms with van der Waals surface area (Å²) in [6.07, 6.45) is 0. The first-order valence-corrected chi connectivity index (χ1v) is 9.04. The summed E-state index contributed by atoms with van der Waals surface area (Å²) in [5.74, 6) is 1.01. The smallest absolute Gasteiger partial charge is 0.340 e. The molecule has 0 fully saturated rings. The highest BCUT2D eigenvalue weighted by Crippen LogP contribution is 2.24. The number of nitrogens with zero attached hydrogens (tertiary/aromatic N) is 1. The normalized spacial score (nSPS) is 11.2. The predicted molar refractivity (Wildman–Crippen MR) is 89.9 cm³/mol. The van der Waals surface area contributed by atoms with E-state index in [0.29, 0.717) is 11.5 Å². The van der Waals surface area contributed by atoms with Crippen molar-refractivity contribution < 1.29 is 12.8 Å². The second-order valence-corrected chi connectivity index (χ2v) is 6.96. The van der Waals surface area contributed by atoms with Crippen molar-refractivity contribution in [2.45, 2.75) is 0 Å². The molecule has 0 bridgehead atoms. The molecule has 0 aliphatic rings. The standard InChI is InChI=1S/C17H12ClNO3S/c18-23(20,21)19-15-11-16(13-7-3-1-4-8-13)22-17(12-15)14-9-5-2-6-10-14/h1-12H. The molecule has 0 radical (unpaired) electrons. The minimum Gasteiger partial charge on any atom is -0.456 e. The summed E-state index contributed by atoms with van der Waals surface area (Å²) in [6.45, 7) is 0. The van der Waals surface area contributed by atoms with Crippen LogP contribution in [-0.2, 0) is 9.24 Å². The zero-order valence-electron chi connectivity index (χ0n) is 11.9. The van der Waals surface area contributed by atoms with Crippen molar-refractivity contribution in [1.29, 1.82) is 0 Å². The summed E-state index contributed by atoms with van der Waals surface area (Å²) < 4.78 is 32.0. The molecule has 1 heterocycles. The van der Waals surface area contributed by atoms with Gasteiger partial charge in [0, 0.05) is 33.9 Å². The molecule has 0 atom stereocenters. The van der Waals surface area contributed by atoms with Crippen LogP contribution in [0.25, 0.3) is 22.6 Å². The van der Waals surface area contributed by atoms with Gasteiger partial charge < -0.3 is 4.42 Å². The van der Waals surface area contributed by atoms with Gasteiger partial charge in [-0.15, -0.1) is 4.40 Å². The molecule has 0 N–H and O–H groups in total. The molecule has 23 heavy (non-hydrogen) atoms. The monoisotopic (exact) mass is 345 g/mol. The molecule has 2 aromatic carbocycles. The van der Waals surface area contributed by atoms with E-state index in [-0.39, 0.29) is 5.36 Å². The lowest BCUT2D eigenvalue weighted by molar-refractivity contribution is 0.579. The van der Waals surface area contributed by atoms with E-state index in [1.54, 1.807) is 12.1 Å². The van der Waals surface area contributed by atoms with Crippen LogP contribution in [0.15, 0.2) is 81.6 Å². The number of halogens is 1. The number of benzene rings is 2. The zero-order chi connectivity index (χ0) is 16.3. The topological polar surface area (TPSA) is 59.6 Å². The van der Waals surface area contributed by atoms with Crippen LogP contribution in [0.4, 0.5) is 0 Å². The summed E-state index contributed by atoms with van der Waals surface area (Å²) in [7, 11) is 1.22. The Balaban J connectivity index is 2.26. The van der Waals surface area contributed by atoms with Crippen molar-refractivity contribution in [3.8, 4) is 22.6 Å². The number of rotatable bonds is 3. The molecule has 3 rings (SSSR count). The lowest BCUT2D eigenvalue weighted by Gasteiger charge is -2.06. The second kappa shape index (κ2) is 6.40. The van der Waals surface area contributed by atoms with E-state index in [2.05, 4.69) is 4.40 Å². The molecule has 6 heteroatoms. The van der Waals surface area contributed by atoms with Crippen molar-refractivity contribution in [3.63, 3.8) is 0 Å². The SMILES string of the molecule is O=S(=O)(Cl)N=c1cc(-c2ccccc2)oc(-c2ccccc2)c1. The predicted octanol–water partition coefficient (Wildman–Crippen LogP) is 4.00. The summed E-state index contributed by atoms with van der Waals surface area (Å²) in [6, 6.07) is 21.8. The van der Waals surface area contributed by atoms with E-state index in [9.17, 15) is 8.42 Å². The van der Waals surface area contributed by atoms with Gasteiger partial charge in [0.25, 0.3) is 0 Å². The number of hydrogen-bond donors (Lipinski definition) is 0. The van der Waals surface area contributed by atoms with Gasteiger partial charge >= 0.3 is 9.24 Å². The molecule has 0 spiro atoms. The quantitative estimate of drug-likeness (QED) is 0.674. The van der Waals surface area contributed by atoms with Crippen LogP contribution in [0.2, 0.25) is 0 Å². The van der Waals surface area contributed by atoms with Crippen LogP contribution in [0.1, 0.15) is 0 Å². The van der Waals surface area contributed by atoms with Crippen molar-refractivity contribution in [2.24, 2.45) is 4.40 Å². The van der Waals surface area contributed by atoms with Gasteiger partial charge in [0.1, 0.15) is 11.5 Å².